The van der Waals surface area contributed by atoms with E-state index in [2.05, 4.69) is 32.9 Å². The largest absolute Gasteiger partial charge is 0.370 e. The molecular weight excluding hydrogens is 292 g/mol. The molecule has 0 aromatic carbocycles. The second-order valence-corrected chi connectivity index (χ2v) is 9.90. The molecule has 0 aromatic heterocycles. The Hall–Kier alpha value is -0.300. The van der Waals surface area contributed by atoms with Crippen LogP contribution in [0.3, 0.4) is 0 Å². The number of fused-ring (bicyclic) bond motifs is 3. The lowest BCUT2D eigenvalue weighted by molar-refractivity contribution is -0.139. The van der Waals surface area contributed by atoms with E-state index in [1.165, 1.54) is 57.8 Å². The van der Waals surface area contributed by atoms with E-state index in [9.17, 15) is 0 Å². The van der Waals surface area contributed by atoms with Gasteiger partial charge >= 0.3 is 0 Å². The van der Waals surface area contributed by atoms with Crippen LogP contribution in [0.15, 0.2) is 12.2 Å². The molecule has 1 nitrogen and oxygen atoms in total. The normalized spacial score (nSPS) is 48.8. The Morgan fingerprint density at radius 3 is 2.38 bits per heavy atom. The van der Waals surface area contributed by atoms with Gasteiger partial charge in [-0.3, -0.25) is 0 Å². The molecule has 3 saturated carbocycles. The minimum Gasteiger partial charge on any atom is -0.370 e. The summed E-state index contributed by atoms with van der Waals surface area (Å²) in [6, 6.07) is 0. The first-order chi connectivity index (χ1) is 11.6. The number of ether oxygens (including phenoxy) is 1. The highest BCUT2D eigenvalue weighted by Crippen LogP contribution is 2.51. The molecule has 1 aliphatic heterocycles. The third-order valence-electron chi connectivity index (χ3n) is 8.06. The van der Waals surface area contributed by atoms with E-state index in [4.69, 9.17) is 4.74 Å². The van der Waals surface area contributed by atoms with Crippen molar-refractivity contribution >= 4 is 0 Å². The average Bonchev–Trinajstić information content (AvgIpc) is 2.61. The van der Waals surface area contributed by atoms with Crippen LogP contribution in [0.4, 0.5) is 0 Å². The van der Waals surface area contributed by atoms with Crippen LogP contribution in [0.2, 0.25) is 0 Å². The van der Waals surface area contributed by atoms with Gasteiger partial charge in [-0.2, -0.15) is 0 Å². The first kappa shape index (κ1) is 17.1. The smallest absolute Gasteiger partial charge is 0.0788 e. The Kier molecular flexibility index (Phi) is 5.09. The van der Waals surface area contributed by atoms with Crippen molar-refractivity contribution in [2.45, 2.75) is 90.8 Å². The van der Waals surface area contributed by atoms with Crippen molar-refractivity contribution in [2.75, 3.05) is 0 Å². The maximum atomic E-state index is 6.93. The van der Waals surface area contributed by atoms with Crippen molar-refractivity contribution < 1.29 is 4.74 Å². The van der Waals surface area contributed by atoms with Crippen LogP contribution in [-0.2, 0) is 4.74 Å². The average molecular weight is 331 g/mol. The van der Waals surface area contributed by atoms with Gasteiger partial charge in [-0.05, 0) is 61.2 Å². The molecule has 4 rings (SSSR count). The van der Waals surface area contributed by atoms with Gasteiger partial charge < -0.3 is 4.74 Å². The van der Waals surface area contributed by atoms with Gasteiger partial charge in [-0.1, -0.05) is 65.0 Å². The summed E-state index contributed by atoms with van der Waals surface area (Å²) in [6.07, 6.45) is 18.9. The Bertz CT molecular complexity index is 445. The molecule has 4 aliphatic rings. The Balaban J connectivity index is 1.53. The van der Waals surface area contributed by atoms with Gasteiger partial charge in [0.2, 0.25) is 0 Å². The molecule has 3 aliphatic carbocycles. The van der Waals surface area contributed by atoms with Crippen molar-refractivity contribution in [3.05, 3.63) is 12.2 Å². The quantitative estimate of drug-likeness (QED) is 0.545. The summed E-state index contributed by atoms with van der Waals surface area (Å²) < 4.78 is 6.93. The number of hydrogen-bond acceptors (Lipinski definition) is 1. The molecule has 0 spiro atoms. The lowest BCUT2D eigenvalue weighted by Crippen LogP contribution is -2.51. The van der Waals surface area contributed by atoms with Crippen molar-refractivity contribution in [1.82, 2.24) is 0 Å². The molecule has 6 atom stereocenters. The van der Waals surface area contributed by atoms with E-state index in [-0.39, 0.29) is 0 Å². The van der Waals surface area contributed by atoms with E-state index >= 15 is 0 Å². The molecule has 136 valence electrons. The molecule has 24 heavy (non-hydrogen) atoms. The SMILES string of the molecule is CC1CCC(C2C=CC3C(C(C)C)CC4CCCCC4C3O2)CC1. The van der Waals surface area contributed by atoms with Crippen LogP contribution in [0, 0.1) is 41.4 Å². The van der Waals surface area contributed by atoms with Crippen LogP contribution >= 0.6 is 0 Å². The Morgan fingerprint density at radius 1 is 0.875 bits per heavy atom. The Morgan fingerprint density at radius 2 is 1.62 bits per heavy atom. The summed E-state index contributed by atoms with van der Waals surface area (Å²) in [5.41, 5.74) is 0. The molecule has 1 heteroatoms. The number of rotatable bonds is 2. The zero-order valence-corrected chi connectivity index (χ0v) is 16.1. The fraction of sp³-hybridized carbons (Fsp3) is 0.913. The summed E-state index contributed by atoms with van der Waals surface area (Å²) in [5.74, 6) is 5.87. The van der Waals surface area contributed by atoms with Gasteiger partial charge in [0, 0.05) is 5.92 Å². The van der Waals surface area contributed by atoms with Crippen LogP contribution in [0.25, 0.3) is 0 Å². The van der Waals surface area contributed by atoms with Crippen LogP contribution < -0.4 is 0 Å². The molecule has 0 radical (unpaired) electrons. The predicted octanol–water partition coefficient (Wildman–Crippen LogP) is 6.23. The van der Waals surface area contributed by atoms with Gasteiger partial charge in [-0.15, -0.1) is 0 Å². The molecule has 0 aromatic rings. The van der Waals surface area contributed by atoms with Gasteiger partial charge in [0.05, 0.1) is 12.2 Å². The van der Waals surface area contributed by atoms with Crippen molar-refractivity contribution in [3.63, 3.8) is 0 Å². The zero-order valence-electron chi connectivity index (χ0n) is 16.1. The van der Waals surface area contributed by atoms with Crippen LogP contribution in [0.1, 0.15) is 78.6 Å². The molecule has 3 fully saturated rings. The molecule has 1 heterocycles. The highest BCUT2D eigenvalue weighted by atomic mass is 16.5. The Labute approximate surface area is 149 Å². The van der Waals surface area contributed by atoms with E-state index in [0.29, 0.717) is 18.1 Å². The fourth-order valence-electron chi connectivity index (χ4n) is 6.51. The highest BCUT2D eigenvalue weighted by Gasteiger charge is 2.48. The molecule has 0 saturated heterocycles. The van der Waals surface area contributed by atoms with Crippen molar-refractivity contribution in [2.24, 2.45) is 41.4 Å². The van der Waals surface area contributed by atoms with Crippen molar-refractivity contribution in [1.29, 1.82) is 0 Å². The second-order valence-electron chi connectivity index (χ2n) is 9.90. The summed E-state index contributed by atoms with van der Waals surface area (Å²) >= 11 is 0. The zero-order chi connectivity index (χ0) is 16.7. The van der Waals surface area contributed by atoms with E-state index in [1.54, 1.807) is 0 Å². The van der Waals surface area contributed by atoms with Gasteiger partial charge in [-0.25, -0.2) is 0 Å². The standard InChI is InChI=1S/C23H38O/c1-15(2)21-14-18-6-4-5-7-19(18)23-20(21)12-13-22(24-23)17-10-8-16(3)9-11-17/h12-13,15-23H,4-11,14H2,1-3H3. The molecule has 0 N–H and O–H groups in total. The topological polar surface area (TPSA) is 9.23 Å². The lowest BCUT2D eigenvalue weighted by Gasteiger charge is -2.52. The minimum absolute atomic E-state index is 0.423. The first-order valence-electron chi connectivity index (χ1n) is 11.0. The summed E-state index contributed by atoms with van der Waals surface area (Å²) in [4.78, 5) is 0. The van der Waals surface area contributed by atoms with Gasteiger partial charge in [0.25, 0.3) is 0 Å². The molecule has 6 unspecified atom stereocenters. The monoisotopic (exact) mass is 330 g/mol. The second kappa shape index (κ2) is 7.14. The summed E-state index contributed by atoms with van der Waals surface area (Å²) in [7, 11) is 0. The van der Waals surface area contributed by atoms with E-state index in [0.717, 1.165) is 35.5 Å². The number of hydrogen-bond donors (Lipinski definition) is 0. The predicted molar refractivity (Wildman–Crippen MR) is 101 cm³/mol. The van der Waals surface area contributed by atoms with Crippen LogP contribution in [0.5, 0.6) is 0 Å². The molecule has 0 bridgehead atoms. The van der Waals surface area contributed by atoms with E-state index in [1.807, 2.05) is 0 Å². The maximum absolute atomic E-state index is 6.93. The van der Waals surface area contributed by atoms with Crippen molar-refractivity contribution in [3.8, 4) is 0 Å². The molecular formula is C23H38O. The third kappa shape index (κ3) is 3.22. The molecule has 0 amide bonds. The lowest BCUT2D eigenvalue weighted by atomic mass is 9.58. The summed E-state index contributed by atoms with van der Waals surface area (Å²) in [5, 5.41) is 0. The minimum atomic E-state index is 0.423. The highest BCUT2D eigenvalue weighted by molar-refractivity contribution is 5.10. The maximum Gasteiger partial charge on any atom is 0.0788 e. The third-order valence-corrected chi connectivity index (χ3v) is 8.06. The first-order valence-corrected chi connectivity index (χ1v) is 11.0. The summed E-state index contributed by atoms with van der Waals surface area (Å²) in [6.45, 7) is 7.30. The van der Waals surface area contributed by atoms with Crippen LogP contribution in [-0.4, -0.2) is 12.2 Å². The van der Waals surface area contributed by atoms with Gasteiger partial charge in [0.1, 0.15) is 0 Å². The van der Waals surface area contributed by atoms with E-state index < -0.39 is 0 Å². The fourth-order valence-corrected chi connectivity index (χ4v) is 6.51. The van der Waals surface area contributed by atoms with Gasteiger partial charge in [0.15, 0.2) is 0 Å².